The minimum atomic E-state index is 0.461. The number of ether oxygens (including phenoxy) is 2. The maximum atomic E-state index is 6.01. The molecule has 0 amide bonds. The minimum Gasteiger partial charge on any atom is -0.487 e. The molecule has 0 aliphatic carbocycles. The molecule has 2 aliphatic heterocycles. The van der Waals surface area contributed by atoms with Gasteiger partial charge in [-0.05, 0) is 18.4 Å². The van der Waals surface area contributed by atoms with Crippen molar-refractivity contribution in [2.75, 3.05) is 31.8 Å². The first kappa shape index (κ1) is 12.7. The first-order valence-electron chi connectivity index (χ1n) is 7.08. The molecule has 104 valence electrons. The summed E-state index contributed by atoms with van der Waals surface area (Å²) in [7, 11) is 1.77. The number of fused-ring (bicyclic) bond motifs is 3. The highest BCUT2D eigenvalue weighted by molar-refractivity contribution is 5.60. The monoisotopic (exact) mass is 262 g/mol. The second-order valence-electron chi connectivity index (χ2n) is 5.88. The average Bonchev–Trinajstić information content (AvgIpc) is 2.81. The summed E-state index contributed by atoms with van der Waals surface area (Å²) in [6, 6.07) is 2.54. The van der Waals surface area contributed by atoms with E-state index in [-0.39, 0.29) is 0 Å². The Morgan fingerprint density at radius 1 is 1.53 bits per heavy atom. The van der Waals surface area contributed by atoms with Gasteiger partial charge in [0.15, 0.2) is 11.6 Å². The Hall–Kier alpha value is -1.29. The molecule has 2 aliphatic rings. The molecule has 1 aromatic rings. The normalized spacial score (nSPS) is 25.2. The quantitative estimate of drug-likeness (QED) is 0.838. The maximum Gasteiger partial charge on any atom is 0.172 e. The average molecular weight is 262 g/mol. The molecule has 2 atom stereocenters. The van der Waals surface area contributed by atoms with Crippen LogP contribution in [0.4, 0.5) is 5.82 Å². The number of methoxy groups -OCH3 is 1. The molecule has 19 heavy (non-hydrogen) atoms. The summed E-state index contributed by atoms with van der Waals surface area (Å²) < 4.78 is 11.3. The van der Waals surface area contributed by atoms with Crippen molar-refractivity contribution in [1.82, 2.24) is 4.98 Å². The summed E-state index contributed by atoms with van der Waals surface area (Å²) >= 11 is 0. The first-order chi connectivity index (χ1) is 9.20. The molecule has 3 heterocycles. The van der Waals surface area contributed by atoms with E-state index in [0.29, 0.717) is 17.9 Å². The third kappa shape index (κ3) is 2.18. The fourth-order valence-electron chi connectivity index (χ4n) is 3.23. The lowest BCUT2D eigenvalue weighted by Crippen LogP contribution is -2.39. The smallest absolute Gasteiger partial charge is 0.172 e. The van der Waals surface area contributed by atoms with Gasteiger partial charge >= 0.3 is 0 Å². The van der Waals surface area contributed by atoms with Gasteiger partial charge in [0.1, 0.15) is 6.61 Å². The van der Waals surface area contributed by atoms with Crippen LogP contribution >= 0.6 is 0 Å². The molecule has 0 spiro atoms. The minimum absolute atomic E-state index is 0.461. The third-order valence-electron chi connectivity index (χ3n) is 4.13. The first-order valence-corrected chi connectivity index (χ1v) is 7.08. The van der Waals surface area contributed by atoms with E-state index < -0.39 is 0 Å². The van der Waals surface area contributed by atoms with Crippen molar-refractivity contribution < 1.29 is 9.47 Å². The van der Waals surface area contributed by atoms with E-state index in [0.717, 1.165) is 37.7 Å². The van der Waals surface area contributed by atoms with Gasteiger partial charge in [-0.15, -0.1) is 0 Å². The van der Waals surface area contributed by atoms with E-state index in [1.54, 1.807) is 7.11 Å². The van der Waals surface area contributed by atoms with Crippen LogP contribution in [0.2, 0.25) is 0 Å². The summed E-state index contributed by atoms with van der Waals surface area (Å²) in [5.41, 5.74) is 1.26. The molecule has 0 radical (unpaired) electrons. The lowest BCUT2D eigenvalue weighted by Gasteiger charge is -2.33. The molecular formula is C15H22N2O2. The van der Waals surface area contributed by atoms with Crippen molar-refractivity contribution in [3.05, 3.63) is 17.8 Å². The molecule has 0 saturated carbocycles. The van der Waals surface area contributed by atoms with Crippen molar-refractivity contribution in [2.24, 2.45) is 5.92 Å². The lowest BCUT2D eigenvalue weighted by atomic mass is 10.0. The summed E-state index contributed by atoms with van der Waals surface area (Å²) in [5.74, 6) is 3.08. The van der Waals surface area contributed by atoms with Gasteiger partial charge in [-0.3, -0.25) is 0 Å². The van der Waals surface area contributed by atoms with Crippen LogP contribution in [0.15, 0.2) is 12.3 Å². The predicted octanol–water partition coefficient (Wildman–Crippen LogP) is 2.44. The fourth-order valence-corrected chi connectivity index (χ4v) is 3.23. The van der Waals surface area contributed by atoms with E-state index >= 15 is 0 Å². The van der Waals surface area contributed by atoms with Crippen LogP contribution in [0.1, 0.15) is 31.7 Å². The molecule has 3 rings (SSSR count). The highest BCUT2D eigenvalue weighted by Crippen LogP contribution is 2.41. The van der Waals surface area contributed by atoms with Crippen molar-refractivity contribution >= 4 is 5.82 Å². The number of aromatic nitrogens is 1. The number of pyridine rings is 1. The molecular weight excluding hydrogens is 240 g/mol. The van der Waals surface area contributed by atoms with E-state index in [1.165, 1.54) is 5.56 Å². The van der Waals surface area contributed by atoms with E-state index in [2.05, 4.69) is 29.8 Å². The molecule has 1 aromatic heterocycles. The van der Waals surface area contributed by atoms with E-state index in [9.17, 15) is 0 Å². The third-order valence-corrected chi connectivity index (χ3v) is 4.13. The van der Waals surface area contributed by atoms with Gasteiger partial charge in [0.05, 0.1) is 12.6 Å². The van der Waals surface area contributed by atoms with Gasteiger partial charge < -0.3 is 14.4 Å². The fraction of sp³-hybridized carbons (Fsp3) is 0.667. The Morgan fingerprint density at radius 2 is 2.37 bits per heavy atom. The van der Waals surface area contributed by atoms with Crippen molar-refractivity contribution in [3.8, 4) is 5.75 Å². The molecule has 4 nitrogen and oxygen atoms in total. The number of rotatable bonds is 3. The van der Waals surface area contributed by atoms with Gasteiger partial charge in [0, 0.05) is 31.3 Å². The van der Waals surface area contributed by atoms with Crippen molar-refractivity contribution in [3.63, 3.8) is 0 Å². The maximum absolute atomic E-state index is 6.01. The van der Waals surface area contributed by atoms with Gasteiger partial charge in [-0.1, -0.05) is 13.8 Å². The molecule has 0 bridgehead atoms. The van der Waals surface area contributed by atoms with E-state index in [1.807, 2.05) is 6.20 Å². The van der Waals surface area contributed by atoms with Crippen LogP contribution in [0, 0.1) is 5.92 Å². The van der Waals surface area contributed by atoms with Gasteiger partial charge in [-0.25, -0.2) is 4.98 Å². The molecule has 1 saturated heterocycles. The Balaban J connectivity index is 1.91. The van der Waals surface area contributed by atoms with Crippen LogP contribution in [-0.2, 0) is 4.74 Å². The number of hydrogen-bond donors (Lipinski definition) is 0. The number of hydrogen-bond acceptors (Lipinski definition) is 4. The second-order valence-corrected chi connectivity index (χ2v) is 5.88. The van der Waals surface area contributed by atoms with Crippen LogP contribution in [-0.4, -0.2) is 37.9 Å². The zero-order valence-corrected chi connectivity index (χ0v) is 11.9. The Morgan fingerprint density at radius 3 is 3.11 bits per heavy atom. The van der Waals surface area contributed by atoms with Crippen molar-refractivity contribution in [2.45, 2.75) is 32.2 Å². The standard InChI is InChI=1S/C15H22N2O2/c1-10(2)13-4-5-16-15-14(13)19-9-12-6-11(8-18-3)7-17(12)15/h4-5,10-12H,6-9H2,1-3H3. The van der Waals surface area contributed by atoms with Gasteiger partial charge in [-0.2, -0.15) is 0 Å². The van der Waals surface area contributed by atoms with Gasteiger partial charge in [0.2, 0.25) is 0 Å². The summed E-state index contributed by atoms with van der Waals surface area (Å²) in [5, 5.41) is 0. The second kappa shape index (κ2) is 5.00. The van der Waals surface area contributed by atoms with E-state index in [4.69, 9.17) is 9.47 Å². The summed E-state index contributed by atoms with van der Waals surface area (Å²) in [6.07, 6.45) is 3.05. The predicted molar refractivity (Wildman–Crippen MR) is 74.9 cm³/mol. The molecule has 4 heteroatoms. The zero-order valence-electron chi connectivity index (χ0n) is 11.9. The Labute approximate surface area is 114 Å². The molecule has 2 unspecified atom stereocenters. The van der Waals surface area contributed by atoms with Crippen LogP contribution in [0.25, 0.3) is 0 Å². The largest absolute Gasteiger partial charge is 0.487 e. The summed E-state index contributed by atoms with van der Waals surface area (Å²) in [4.78, 5) is 6.97. The Bertz CT molecular complexity index is 461. The highest BCUT2D eigenvalue weighted by atomic mass is 16.5. The number of nitrogens with zero attached hydrogens (tertiary/aromatic N) is 2. The lowest BCUT2D eigenvalue weighted by molar-refractivity contribution is 0.157. The SMILES string of the molecule is COCC1CC2COc3c(C(C)C)ccnc3N2C1. The van der Waals surface area contributed by atoms with Crippen LogP contribution in [0.3, 0.4) is 0 Å². The molecule has 0 N–H and O–H groups in total. The van der Waals surface area contributed by atoms with Crippen molar-refractivity contribution in [1.29, 1.82) is 0 Å². The number of anilines is 1. The van der Waals surface area contributed by atoms with Gasteiger partial charge in [0.25, 0.3) is 0 Å². The Kier molecular flexibility index (Phi) is 3.35. The van der Waals surface area contributed by atoms with Crippen LogP contribution in [0.5, 0.6) is 5.75 Å². The zero-order chi connectivity index (χ0) is 13.4. The van der Waals surface area contributed by atoms with Crippen LogP contribution < -0.4 is 9.64 Å². The topological polar surface area (TPSA) is 34.6 Å². The summed E-state index contributed by atoms with van der Waals surface area (Å²) in [6.45, 7) is 7.03. The highest BCUT2D eigenvalue weighted by Gasteiger charge is 2.38. The molecule has 1 fully saturated rings. The molecule has 0 aromatic carbocycles.